The number of anilines is 2. The number of thiophene rings is 1. The highest BCUT2D eigenvalue weighted by atomic mass is 35.5. The summed E-state index contributed by atoms with van der Waals surface area (Å²) < 4.78 is 5.47. The number of carbonyl (C=O) groups excluding carboxylic acids is 1. The predicted octanol–water partition coefficient (Wildman–Crippen LogP) is 4.90. The van der Waals surface area contributed by atoms with Crippen molar-refractivity contribution < 1.29 is 9.53 Å². The van der Waals surface area contributed by atoms with Crippen LogP contribution in [0.1, 0.15) is 5.56 Å². The number of carbonyl (C=O) groups is 1. The Morgan fingerprint density at radius 1 is 1.17 bits per heavy atom. The van der Waals surface area contributed by atoms with Crippen LogP contribution in [0.5, 0.6) is 5.06 Å². The minimum absolute atomic E-state index is 0.446. The lowest BCUT2D eigenvalue weighted by Gasteiger charge is -2.10. The fraction of sp³-hybridized carbons (Fsp3) is 0.143. The fourth-order valence-corrected chi connectivity index (χ4v) is 3.85. The van der Waals surface area contributed by atoms with E-state index in [4.69, 9.17) is 16.3 Å². The average Bonchev–Trinajstić information content (AvgIpc) is 3.38. The van der Waals surface area contributed by atoms with Crippen molar-refractivity contribution in [1.29, 1.82) is 0 Å². The Hall–Kier alpha value is -3.07. The van der Waals surface area contributed by atoms with Crippen LogP contribution in [0, 0.1) is 0 Å². The molecule has 4 aromatic rings. The number of aromatic nitrogens is 2. The molecule has 0 saturated carbocycles. The first kappa shape index (κ1) is 20.2. The second-order valence-electron chi connectivity index (χ2n) is 6.47. The molecule has 1 aromatic carbocycles. The quantitative estimate of drug-likeness (QED) is 0.292. The molecule has 0 radical (unpaired) electrons. The van der Waals surface area contributed by atoms with Crippen molar-refractivity contribution in [3.05, 3.63) is 70.8 Å². The molecule has 0 aliphatic rings. The van der Waals surface area contributed by atoms with Crippen molar-refractivity contribution in [2.45, 2.75) is 6.54 Å². The van der Waals surface area contributed by atoms with Gasteiger partial charge in [0.2, 0.25) is 5.06 Å². The second kappa shape index (κ2) is 9.62. The topological polar surface area (TPSA) is 91.1 Å². The number of H-pyrrole nitrogens is 1. The summed E-state index contributed by atoms with van der Waals surface area (Å²) in [5, 5.41) is 13.4. The number of halogens is 1. The van der Waals surface area contributed by atoms with Crippen LogP contribution >= 0.6 is 22.9 Å². The number of nitrogens with one attached hydrogen (secondary N) is 4. The van der Waals surface area contributed by atoms with E-state index in [0.29, 0.717) is 29.7 Å². The molecule has 4 rings (SSSR count). The molecule has 4 N–H and O–H groups in total. The average molecular weight is 442 g/mol. The summed E-state index contributed by atoms with van der Waals surface area (Å²) in [5.74, 6) is 0. The van der Waals surface area contributed by atoms with Crippen molar-refractivity contribution in [2.24, 2.45) is 0 Å². The van der Waals surface area contributed by atoms with Gasteiger partial charge in [0, 0.05) is 42.4 Å². The van der Waals surface area contributed by atoms with Crippen molar-refractivity contribution in [1.82, 2.24) is 20.6 Å². The Kier molecular flexibility index (Phi) is 6.48. The third kappa shape index (κ3) is 5.10. The number of aromatic amines is 1. The molecule has 0 aliphatic heterocycles. The van der Waals surface area contributed by atoms with Gasteiger partial charge in [0.15, 0.2) is 0 Å². The van der Waals surface area contributed by atoms with Crippen LogP contribution < -0.4 is 20.7 Å². The van der Waals surface area contributed by atoms with Crippen molar-refractivity contribution in [3.8, 4) is 5.06 Å². The molecule has 0 atom stereocenters. The monoisotopic (exact) mass is 441 g/mol. The van der Waals surface area contributed by atoms with Crippen LogP contribution in [0.4, 0.5) is 16.2 Å². The molecule has 0 bridgehead atoms. The van der Waals surface area contributed by atoms with E-state index < -0.39 is 6.09 Å². The number of rotatable bonds is 8. The Labute approximate surface area is 182 Å². The lowest BCUT2D eigenvalue weighted by Crippen LogP contribution is -2.33. The van der Waals surface area contributed by atoms with Crippen LogP contribution in [0.15, 0.2) is 60.2 Å². The predicted molar refractivity (Wildman–Crippen MR) is 121 cm³/mol. The lowest BCUT2D eigenvalue weighted by molar-refractivity contribution is 0.202. The van der Waals surface area contributed by atoms with Crippen LogP contribution in [-0.4, -0.2) is 29.2 Å². The molecule has 1 amide bonds. The van der Waals surface area contributed by atoms with Gasteiger partial charge in [-0.2, -0.15) is 0 Å². The number of amides is 1. The number of benzene rings is 1. The summed E-state index contributed by atoms with van der Waals surface area (Å²) in [6.07, 6.45) is 3.06. The van der Waals surface area contributed by atoms with Gasteiger partial charge in [-0.05, 0) is 41.3 Å². The first-order valence-electron chi connectivity index (χ1n) is 9.36. The van der Waals surface area contributed by atoms with E-state index in [1.165, 1.54) is 11.3 Å². The van der Waals surface area contributed by atoms with Gasteiger partial charge < -0.3 is 25.7 Å². The van der Waals surface area contributed by atoms with Crippen molar-refractivity contribution >= 4 is 51.4 Å². The molecule has 0 saturated heterocycles. The van der Waals surface area contributed by atoms with E-state index in [-0.39, 0.29) is 0 Å². The van der Waals surface area contributed by atoms with Gasteiger partial charge in [-0.3, -0.25) is 0 Å². The minimum atomic E-state index is -0.494. The third-order valence-corrected chi connectivity index (χ3v) is 5.36. The number of pyridine rings is 1. The lowest BCUT2D eigenvalue weighted by atomic mass is 10.2. The SMILES string of the molecule is O=C(NCCNCc1cccc(Cl)c1)Oc1sccc1Nc1ccnc2[nH]ccc12. The number of hydrogen-bond donors (Lipinski definition) is 4. The number of nitrogens with zero attached hydrogens (tertiary/aromatic N) is 1. The van der Waals surface area contributed by atoms with Gasteiger partial charge in [-0.15, -0.1) is 11.3 Å². The highest BCUT2D eigenvalue weighted by Crippen LogP contribution is 2.35. The summed E-state index contributed by atoms with van der Waals surface area (Å²) in [5.41, 5.74) is 3.49. The zero-order valence-corrected chi connectivity index (χ0v) is 17.5. The fourth-order valence-electron chi connectivity index (χ4n) is 2.93. The molecule has 9 heteroatoms. The summed E-state index contributed by atoms with van der Waals surface area (Å²) in [7, 11) is 0. The largest absolute Gasteiger partial charge is 0.413 e. The Balaban J connectivity index is 1.25. The van der Waals surface area contributed by atoms with E-state index in [1.54, 1.807) is 6.20 Å². The second-order valence-corrected chi connectivity index (χ2v) is 7.78. The third-order valence-electron chi connectivity index (χ3n) is 4.33. The zero-order chi connectivity index (χ0) is 20.8. The molecule has 7 nitrogen and oxygen atoms in total. The number of ether oxygens (including phenoxy) is 1. The maximum atomic E-state index is 12.1. The highest BCUT2D eigenvalue weighted by Gasteiger charge is 2.12. The molecule has 0 unspecified atom stereocenters. The molecule has 0 aliphatic carbocycles. The van der Waals surface area contributed by atoms with E-state index >= 15 is 0 Å². The Bertz CT molecular complexity index is 1140. The van der Waals surface area contributed by atoms with Crippen LogP contribution in [-0.2, 0) is 6.54 Å². The van der Waals surface area contributed by atoms with Crippen LogP contribution in [0.2, 0.25) is 5.02 Å². The molecule has 154 valence electrons. The molecular weight excluding hydrogens is 422 g/mol. The van der Waals surface area contributed by atoms with Crippen LogP contribution in [0.3, 0.4) is 0 Å². The first-order chi connectivity index (χ1) is 14.7. The molecule has 3 aromatic heterocycles. The van der Waals surface area contributed by atoms with E-state index in [9.17, 15) is 4.79 Å². The minimum Gasteiger partial charge on any atom is -0.397 e. The molecular formula is C21H20ClN5O2S. The molecule has 3 heterocycles. The maximum Gasteiger partial charge on any atom is 0.413 e. The van der Waals surface area contributed by atoms with E-state index in [1.807, 2.05) is 54.0 Å². The molecule has 0 fully saturated rings. The van der Waals surface area contributed by atoms with E-state index in [0.717, 1.165) is 28.0 Å². The van der Waals surface area contributed by atoms with Gasteiger partial charge in [0.1, 0.15) is 5.65 Å². The van der Waals surface area contributed by atoms with Gasteiger partial charge in [0.05, 0.1) is 11.4 Å². The van der Waals surface area contributed by atoms with Crippen molar-refractivity contribution in [3.63, 3.8) is 0 Å². The Morgan fingerprint density at radius 2 is 2.10 bits per heavy atom. The molecule has 0 spiro atoms. The zero-order valence-electron chi connectivity index (χ0n) is 15.9. The standard InChI is InChI=1S/C21H20ClN5O2S/c22-15-3-1-2-14(12-15)13-23-9-10-26-21(28)29-20-18(6-11-30-20)27-17-5-8-25-19-16(17)4-7-24-19/h1-8,11-12,23H,9-10,13H2,(H,26,28)(H2,24,25,27). The van der Waals surface area contributed by atoms with Crippen LogP contribution in [0.25, 0.3) is 11.0 Å². The number of hydrogen-bond acceptors (Lipinski definition) is 6. The first-order valence-corrected chi connectivity index (χ1v) is 10.6. The van der Waals surface area contributed by atoms with Gasteiger partial charge in [-0.1, -0.05) is 23.7 Å². The highest BCUT2D eigenvalue weighted by molar-refractivity contribution is 7.12. The van der Waals surface area contributed by atoms with Gasteiger partial charge >= 0.3 is 6.09 Å². The maximum absolute atomic E-state index is 12.1. The summed E-state index contributed by atoms with van der Waals surface area (Å²) >= 11 is 7.32. The van der Waals surface area contributed by atoms with Crippen molar-refractivity contribution in [2.75, 3.05) is 18.4 Å². The number of fused-ring (bicyclic) bond motifs is 1. The summed E-state index contributed by atoms with van der Waals surface area (Å²) in [4.78, 5) is 19.5. The summed E-state index contributed by atoms with van der Waals surface area (Å²) in [6.45, 7) is 1.73. The molecule has 30 heavy (non-hydrogen) atoms. The van der Waals surface area contributed by atoms with Gasteiger partial charge in [0.25, 0.3) is 0 Å². The van der Waals surface area contributed by atoms with Gasteiger partial charge in [-0.25, -0.2) is 9.78 Å². The van der Waals surface area contributed by atoms with E-state index in [2.05, 4.69) is 25.9 Å². The smallest absolute Gasteiger partial charge is 0.397 e. The Morgan fingerprint density at radius 3 is 3.00 bits per heavy atom. The summed E-state index contributed by atoms with van der Waals surface area (Å²) in [6, 6.07) is 13.4. The normalized spacial score (nSPS) is 10.8.